The van der Waals surface area contributed by atoms with Gasteiger partial charge in [-0.1, -0.05) is 18.2 Å². The SMILES string of the molecule is COCCOCCOCCOCCOC1=CC(=O)C(=O)c2c(C)cccc21. The van der Waals surface area contributed by atoms with Crippen LogP contribution in [0.15, 0.2) is 24.3 Å². The number of rotatable bonds is 13. The van der Waals surface area contributed by atoms with E-state index in [9.17, 15) is 9.59 Å². The second-order valence-corrected chi connectivity index (χ2v) is 5.88. The van der Waals surface area contributed by atoms with Crippen LogP contribution in [0, 0.1) is 6.92 Å². The Labute approximate surface area is 159 Å². The van der Waals surface area contributed by atoms with Crippen LogP contribution in [-0.2, 0) is 28.5 Å². The summed E-state index contributed by atoms with van der Waals surface area (Å²) < 4.78 is 26.6. The summed E-state index contributed by atoms with van der Waals surface area (Å²) in [5.74, 6) is -0.643. The average molecular weight is 378 g/mol. The van der Waals surface area contributed by atoms with E-state index in [4.69, 9.17) is 23.7 Å². The van der Waals surface area contributed by atoms with Crippen LogP contribution in [0.4, 0.5) is 0 Å². The second kappa shape index (κ2) is 11.6. The van der Waals surface area contributed by atoms with Gasteiger partial charge in [0, 0.05) is 24.3 Å². The van der Waals surface area contributed by atoms with E-state index in [1.165, 1.54) is 6.08 Å². The summed E-state index contributed by atoms with van der Waals surface area (Å²) in [6, 6.07) is 5.42. The third-order valence-electron chi connectivity index (χ3n) is 3.91. The van der Waals surface area contributed by atoms with E-state index in [1.807, 2.05) is 6.07 Å². The van der Waals surface area contributed by atoms with Gasteiger partial charge in [-0.25, -0.2) is 0 Å². The van der Waals surface area contributed by atoms with Crippen molar-refractivity contribution in [2.45, 2.75) is 6.92 Å². The smallest absolute Gasteiger partial charge is 0.234 e. The number of benzene rings is 1. The van der Waals surface area contributed by atoms with Crippen molar-refractivity contribution < 1.29 is 33.3 Å². The number of hydrogen-bond acceptors (Lipinski definition) is 7. The number of ether oxygens (including phenoxy) is 5. The third-order valence-corrected chi connectivity index (χ3v) is 3.91. The number of fused-ring (bicyclic) bond motifs is 1. The second-order valence-electron chi connectivity index (χ2n) is 5.88. The number of ketones is 2. The summed E-state index contributed by atoms with van der Waals surface area (Å²) in [7, 11) is 1.63. The van der Waals surface area contributed by atoms with Crippen molar-refractivity contribution in [2.75, 3.05) is 60.0 Å². The molecule has 0 N–H and O–H groups in total. The molecule has 0 amide bonds. The number of methoxy groups -OCH3 is 1. The molecule has 2 rings (SSSR count). The Morgan fingerprint density at radius 3 is 2.04 bits per heavy atom. The summed E-state index contributed by atoms with van der Waals surface area (Å²) in [5.41, 5.74) is 1.83. The summed E-state index contributed by atoms with van der Waals surface area (Å²) in [6.45, 7) is 5.49. The quantitative estimate of drug-likeness (QED) is 0.382. The highest BCUT2D eigenvalue weighted by molar-refractivity contribution is 6.50. The molecule has 0 unspecified atom stereocenters. The fourth-order valence-corrected chi connectivity index (χ4v) is 2.57. The van der Waals surface area contributed by atoms with Crippen LogP contribution < -0.4 is 0 Å². The summed E-state index contributed by atoms with van der Waals surface area (Å²) in [4.78, 5) is 23.9. The van der Waals surface area contributed by atoms with Crippen LogP contribution in [0.1, 0.15) is 21.5 Å². The van der Waals surface area contributed by atoms with Crippen LogP contribution in [-0.4, -0.2) is 71.5 Å². The summed E-state index contributed by atoms with van der Waals surface area (Å²) in [5, 5.41) is 0. The molecule has 0 atom stereocenters. The van der Waals surface area contributed by atoms with Crippen molar-refractivity contribution in [3.8, 4) is 0 Å². The van der Waals surface area contributed by atoms with Gasteiger partial charge in [-0.3, -0.25) is 9.59 Å². The van der Waals surface area contributed by atoms with Gasteiger partial charge in [0.05, 0.1) is 46.2 Å². The van der Waals surface area contributed by atoms with Gasteiger partial charge in [-0.15, -0.1) is 0 Å². The molecule has 7 nitrogen and oxygen atoms in total. The molecule has 0 saturated heterocycles. The Morgan fingerprint density at radius 1 is 0.815 bits per heavy atom. The number of hydrogen-bond donors (Lipinski definition) is 0. The number of carbonyl (C=O) groups excluding carboxylic acids is 2. The molecule has 148 valence electrons. The molecule has 1 aliphatic rings. The van der Waals surface area contributed by atoms with E-state index >= 15 is 0 Å². The maximum absolute atomic E-state index is 12.1. The van der Waals surface area contributed by atoms with E-state index in [-0.39, 0.29) is 6.61 Å². The first kappa shape index (κ1) is 21.2. The van der Waals surface area contributed by atoms with Crippen LogP contribution >= 0.6 is 0 Å². The zero-order chi connectivity index (χ0) is 19.5. The lowest BCUT2D eigenvalue weighted by molar-refractivity contribution is -0.111. The maximum atomic E-state index is 12.1. The van der Waals surface area contributed by atoms with E-state index in [0.29, 0.717) is 63.1 Å². The van der Waals surface area contributed by atoms with E-state index in [0.717, 1.165) is 5.56 Å². The minimum atomic E-state index is -0.561. The Hall–Kier alpha value is -2.06. The largest absolute Gasteiger partial charge is 0.490 e. The van der Waals surface area contributed by atoms with Crippen molar-refractivity contribution >= 4 is 17.3 Å². The molecule has 0 aromatic heterocycles. The molecular weight excluding hydrogens is 352 g/mol. The highest BCUT2D eigenvalue weighted by Crippen LogP contribution is 2.28. The summed E-state index contributed by atoms with van der Waals surface area (Å²) in [6.07, 6.45) is 1.25. The van der Waals surface area contributed by atoms with Crippen molar-refractivity contribution in [3.63, 3.8) is 0 Å². The standard InChI is InChI=1S/C20H26O7/c1-15-4-3-5-16-18(14-17(21)20(22)19(15)16)27-13-12-26-11-10-25-9-8-24-7-6-23-2/h3-5,14H,6-13H2,1-2H3. The van der Waals surface area contributed by atoms with Crippen LogP contribution in [0.2, 0.25) is 0 Å². The van der Waals surface area contributed by atoms with Gasteiger partial charge in [-0.2, -0.15) is 0 Å². The van der Waals surface area contributed by atoms with Gasteiger partial charge in [-0.05, 0) is 12.5 Å². The highest BCUT2D eigenvalue weighted by Gasteiger charge is 2.28. The number of allylic oxidation sites excluding steroid dienone is 1. The van der Waals surface area contributed by atoms with Crippen molar-refractivity contribution in [3.05, 3.63) is 41.0 Å². The van der Waals surface area contributed by atoms with Crippen molar-refractivity contribution in [2.24, 2.45) is 0 Å². The Kier molecular flexibility index (Phi) is 9.13. The first-order valence-electron chi connectivity index (χ1n) is 8.90. The summed E-state index contributed by atoms with van der Waals surface area (Å²) >= 11 is 0. The lowest BCUT2D eigenvalue weighted by Gasteiger charge is -2.18. The predicted octanol–water partition coefficient (Wildman–Crippen LogP) is 1.81. The van der Waals surface area contributed by atoms with Gasteiger partial charge in [0.1, 0.15) is 12.4 Å². The topological polar surface area (TPSA) is 80.3 Å². The number of aryl methyl sites for hydroxylation is 1. The van der Waals surface area contributed by atoms with Crippen LogP contribution in [0.3, 0.4) is 0 Å². The van der Waals surface area contributed by atoms with Gasteiger partial charge < -0.3 is 23.7 Å². The molecule has 1 aromatic rings. The first-order chi connectivity index (χ1) is 13.1. The van der Waals surface area contributed by atoms with Crippen LogP contribution in [0.25, 0.3) is 5.76 Å². The Morgan fingerprint density at radius 2 is 1.41 bits per heavy atom. The van der Waals surface area contributed by atoms with Gasteiger partial charge in [0.2, 0.25) is 11.6 Å². The minimum absolute atomic E-state index is 0.279. The Balaban J connectivity index is 1.62. The highest BCUT2D eigenvalue weighted by atomic mass is 16.6. The molecular formula is C20H26O7. The lowest BCUT2D eigenvalue weighted by atomic mass is 9.90. The molecule has 1 aromatic carbocycles. The average Bonchev–Trinajstić information content (AvgIpc) is 2.66. The normalized spacial score (nSPS) is 13.5. The number of Topliss-reactive ketones (excluding diaryl/α,β-unsaturated/α-hetero) is 1. The molecule has 7 heteroatoms. The Bertz CT molecular complexity index is 666. The molecule has 27 heavy (non-hydrogen) atoms. The monoisotopic (exact) mass is 378 g/mol. The lowest BCUT2D eigenvalue weighted by Crippen LogP contribution is -2.21. The fourth-order valence-electron chi connectivity index (χ4n) is 2.57. The molecule has 0 fully saturated rings. The molecule has 0 spiro atoms. The van der Waals surface area contributed by atoms with E-state index < -0.39 is 11.6 Å². The molecule has 0 bridgehead atoms. The maximum Gasteiger partial charge on any atom is 0.234 e. The van der Waals surface area contributed by atoms with E-state index in [1.54, 1.807) is 26.2 Å². The molecule has 0 heterocycles. The minimum Gasteiger partial charge on any atom is -0.490 e. The van der Waals surface area contributed by atoms with Crippen molar-refractivity contribution in [1.29, 1.82) is 0 Å². The zero-order valence-electron chi connectivity index (χ0n) is 15.8. The van der Waals surface area contributed by atoms with Gasteiger partial charge in [0.25, 0.3) is 0 Å². The van der Waals surface area contributed by atoms with Crippen molar-refractivity contribution in [1.82, 2.24) is 0 Å². The van der Waals surface area contributed by atoms with Gasteiger partial charge >= 0.3 is 0 Å². The van der Waals surface area contributed by atoms with Gasteiger partial charge in [0.15, 0.2) is 0 Å². The van der Waals surface area contributed by atoms with E-state index in [2.05, 4.69) is 0 Å². The predicted molar refractivity (Wildman–Crippen MR) is 98.8 cm³/mol. The zero-order valence-corrected chi connectivity index (χ0v) is 15.8. The first-order valence-corrected chi connectivity index (χ1v) is 8.90. The number of carbonyl (C=O) groups is 2. The molecule has 0 aliphatic heterocycles. The molecule has 0 radical (unpaired) electrons. The molecule has 1 aliphatic carbocycles. The third kappa shape index (κ3) is 6.55. The van der Waals surface area contributed by atoms with Crippen LogP contribution in [0.5, 0.6) is 0 Å². The fraction of sp³-hybridized carbons (Fsp3) is 0.500. The molecule has 0 saturated carbocycles.